The Morgan fingerprint density at radius 1 is 1.20 bits per heavy atom. The van der Waals surface area contributed by atoms with Crippen LogP contribution in [0, 0.1) is 10.1 Å². The molecule has 5 nitrogen and oxygen atoms in total. The fourth-order valence-electron chi connectivity index (χ4n) is 1.65. The van der Waals surface area contributed by atoms with Gasteiger partial charge in [0.2, 0.25) is 5.75 Å². The van der Waals surface area contributed by atoms with Crippen LogP contribution in [0.5, 0.6) is 11.5 Å². The van der Waals surface area contributed by atoms with E-state index in [1.807, 2.05) is 12.1 Å². The van der Waals surface area contributed by atoms with Gasteiger partial charge in [-0.25, -0.2) is 0 Å². The van der Waals surface area contributed by atoms with E-state index in [2.05, 4.69) is 0 Å². The van der Waals surface area contributed by atoms with Crippen molar-refractivity contribution in [3.8, 4) is 11.5 Å². The van der Waals surface area contributed by atoms with Crippen molar-refractivity contribution in [2.75, 3.05) is 7.11 Å². The van der Waals surface area contributed by atoms with Crippen molar-refractivity contribution in [3.63, 3.8) is 0 Å². The van der Waals surface area contributed by atoms with Crippen molar-refractivity contribution < 1.29 is 14.4 Å². The number of benzene rings is 2. The van der Waals surface area contributed by atoms with E-state index in [0.29, 0.717) is 17.4 Å². The summed E-state index contributed by atoms with van der Waals surface area (Å²) in [6.07, 6.45) is 0. The monoisotopic (exact) mass is 293 g/mol. The maximum Gasteiger partial charge on any atom is 0.311 e. The van der Waals surface area contributed by atoms with Crippen LogP contribution in [-0.4, -0.2) is 12.0 Å². The summed E-state index contributed by atoms with van der Waals surface area (Å²) in [5.74, 6) is 0.672. The van der Waals surface area contributed by atoms with Crippen LogP contribution >= 0.6 is 11.6 Å². The molecule has 20 heavy (non-hydrogen) atoms. The number of hydrogen-bond acceptors (Lipinski definition) is 4. The number of rotatable bonds is 5. The van der Waals surface area contributed by atoms with Crippen LogP contribution in [0.1, 0.15) is 5.56 Å². The second kappa shape index (κ2) is 6.25. The number of halogens is 1. The predicted octanol–water partition coefficient (Wildman–Crippen LogP) is 3.84. The van der Waals surface area contributed by atoms with Crippen molar-refractivity contribution in [3.05, 3.63) is 63.2 Å². The van der Waals surface area contributed by atoms with Gasteiger partial charge in [-0.3, -0.25) is 10.1 Å². The number of hydrogen-bond donors (Lipinski definition) is 0. The van der Waals surface area contributed by atoms with Gasteiger partial charge >= 0.3 is 5.69 Å². The van der Waals surface area contributed by atoms with Crippen LogP contribution in [-0.2, 0) is 6.61 Å². The maximum atomic E-state index is 10.8. The third kappa shape index (κ3) is 3.39. The van der Waals surface area contributed by atoms with Gasteiger partial charge in [-0.05, 0) is 23.8 Å². The molecule has 2 rings (SSSR count). The molecule has 0 heterocycles. The highest BCUT2D eigenvalue weighted by atomic mass is 35.5. The molecule has 0 atom stereocenters. The highest BCUT2D eigenvalue weighted by Gasteiger charge is 2.15. The Morgan fingerprint density at radius 2 is 1.90 bits per heavy atom. The summed E-state index contributed by atoms with van der Waals surface area (Å²) < 4.78 is 10.5. The lowest BCUT2D eigenvalue weighted by atomic mass is 10.2. The normalized spacial score (nSPS) is 10.1. The fourth-order valence-corrected chi connectivity index (χ4v) is 1.77. The molecule has 0 aliphatic heterocycles. The molecule has 0 aromatic heterocycles. The molecular formula is C14H12ClNO4. The van der Waals surface area contributed by atoms with Crippen LogP contribution in [0.25, 0.3) is 0 Å². The zero-order valence-electron chi connectivity index (χ0n) is 10.7. The Balaban J connectivity index is 2.10. The molecule has 0 bridgehead atoms. The molecule has 0 amide bonds. The van der Waals surface area contributed by atoms with E-state index in [1.54, 1.807) is 12.1 Å². The molecule has 0 N–H and O–H groups in total. The first kappa shape index (κ1) is 14.1. The van der Waals surface area contributed by atoms with Crippen molar-refractivity contribution in [2.24, 2.45) is 0 Å². The molecule has 0 spiro atoms. The van der Waals surface area contributed by atoms with E-state index in [-0.39, 0.29) is 11.4 Å². The molecule has 104 valence electrons. The number of nitrogens with zero attached hydrogens (tertiary/aromatic N) is 1. The third-order valence-corrected chi connectivity index (χ3v) is 2.92. The standard InChI is InChI=1S/C14H12ClNO4/c1-19-14-8-12(6-7-13(14)16(17)18)20-9-10-2-4-11(15)5-3-10/h2-8H,9H2,1H3. The van der Waals surface area contributed by atoms with Crippen molar-refractivity contribution in [2.45, 2.75) is 6.61 Å². The van der Waals surface area contributed by atoms with Crippen molar-refractivity contribution in [1.29, 1.82) is 0 Å². The Morgan fingerprint density at radius 3 is 2.50 bits per heavy atom. The Bertz CT molecular complexity index is 613. The molecule has 0 radical (unpaired) electrons. The van der Waals surface area contributed by atoms with Crippen molar-refractivity contribution >= 4 is 17.3 Å². The molecule has 0 aliphatic rings. The summed E-state index contributed by atoms with van der Waals surface area (Å²) in [5.41, 5.74) is 0.859. The maximum absolute atomic E-state index is 10.8. The van der Waals surface area contributed by atoms with Crippen LogP contribution in [0.15, 0.2) is 42.5 Å². The number of ether oxygens (including phenoxy) is 2. The molecule has 0 saturated carbocycles. The Kier molecular flexibility index (Phi) is 4.42. The van der Waals surface area contributed by atoms with Gasteiger partial charge in [-0.15, -0.1) is 0 Å². The van der Waals surface area contributed by atoms with Crippen LogP contribution in [0.3, 0.4) is 0 Å². The highest BCUT2D eigenvalue weighted by Crippen LogP contribution is 2.31. The van der Waals surface area contributed by atoms with Gasteiger partial charge in [-0.2, -0.15) is 0 Å². The average Bonchev–Trinajstić information content (AvgIpc) is 2.46. The topological polar surface area (TPSA) is 61.6 Å². The van der Waals surface area contributed by atoms with Crippen LogP contribution in [0.4, 0.5) is 5.69 Å². The molecule has 0 aliphatic carbocycles. The third-order valence-electron chi connectivity index (χ3n) is 2.67. The predicted molar refractivity (Wildman–Crippen MR) is 75.4 cm³/mol. The quantitative estimate of drug-likeness (QED) is 0.621. The summed E-state index contributed by atoms with van der Waals surface area (Å²) in [5, 5.41) is 11.4. The molecule has 0 saturated heterocycles. The van der Waals surface area contributed by atoms with E-state index in [4.69, 9.17) is 21.1 Å². The van der Waals surface area contributed by atoms with E-state index in [0.717, 1.165) is 5.56 Å². The lowest BCUT2D eigenvalue weighted by Crippen LogP contribution is -1.97. The summed E-state index contributed by atoms with van der Waals surface area (Å²) in [6.45, 7) is 0.345. The Labute approximate surface area is 120 Å². The Hall–Kier alpha value is -2.27. The fraction of sp³-hybridized carbons (Fsp3) is 0.143. The average molecular weight is 294 g/mol. The SMILES string of the molecule is COc1cc(OCc2ccc(Cl)cc2)ccc1[N+](=O)[O-]. The zero-order valence-corrected chi connectivity index (χ0v) is 11.5. The van der Waals surface area contributed by atoms with Gasteiger partial charge in [0.15, 0.2) is 0 Å². The summed E-state index contributed by atoms with van der Waals surface area (Å²) >= 11 is 5.79. The minimum Gasteiger partial charge on any atom is -0.490 e. The molecule has 0 fully saturated rings. The first-order valence-corrected chi connectivity index (χ1v) is 6.17. The van der Waals surface area contributed by atoms with E-state index in [1.165, 1.54) is 25.3 Å². The van der Waals surface area contributed by atoms with E-state index < -0.39 is 4.92 Å². The van der Waals surface area contributed by atoms with Gasteiger partial charge in [0, 0.05) is 17.2 Å². The number of nitro groups is 1. The zero-order chi connectivity index (χ0) is 14.5. The highest BCUT2D eigenvalue weighted by molar-refractivity contribution is 6.30. The molecular weight excluding hydrogens is 282 g/mol. The van der Waals surface area contributed by atoms with Gasteiger partial charge in [0.25, 0.3) is 0 Å². The van der Waals surface area contributed by atoms with E-state index in [9.17, 15) is 10.1 Å². The second-order valence-corrected chi connectivity index (χ2v) is 4.44. The smallest absolute Gasteiger partial charge is 0.311 e. The molecule has 0 unspecified atom stereocenters. The summed E-state index contributed by atoms with van der Waals surface area (Å²) in [4.78, 5) is 10.3. The molecule has 2 aromatic rings. The lowest BCUT2D eigenvalue weighted by molar-refractivity contribution is -0.385. The van der Waals surface area contributed by atoms with E-state index >= 15 is 0 Å². The first-order valence-electron chi connectivity index (χ1n) is 5.80. The molecule has 2 aromatic carbocycles. The first-order chi connectivity index (χ1) is 9.60. The minimum absolute atomic E-state index is 0.0913. The lowest BCUT2D eigenvalue weighted by Gasteiger charge is -2.08. The number of nitro benzene ring substituents is 1. The van der Waals surface area contributed by atoms with Gasteiger partial charge in [0.1, 0.15) is 12.4 Å². The van der Waals surface area contributed by atoms with Gasteiger partial charge < -0.3 is 9.47 Å². The van der Waals surface area contributed by atoms with Crippen LogP contribution in [0.2, 0.25) is 5.02 Å². The second-order valence-electron chi connectivity index (χ2n) is 4.01. The van der Waals surface area contributed by atoms with Gasteiger partial charge in [0.05, 0.1) is 12.0 Å². The largest absolute Gasteiger partial charge is 0.490 e. The number of methoxy groups -OCH3 is 1. The molecule has 6 heteroatoms. The van der Waals surface area contributed by atoms with Gasteiger partial charge in [-0.1, -0.05) is 23.7 Å². The summed E-state index contributed by atoms with van der Waals surface area (Å²) in [7, 11) is 1.38. The van der Waals surface area contributed by atoms with Crippen molar-refractivity contribution in [1.82, 2.24) is 0 Å². The van der Waals surface area contributed by atoms with Crippen LogP contribution < -0.4 is 9.47 Å². The summed E-state index contributed by atoms with van der Waals surface area (Å²) in [6, 6.07) is 11.6. The minimum atomic E-state index is -0.498.